The largest absolute Gasteiger partial charge is 0.310 e. The molecule has 1 N–H and O–H groups in total. The molecule has 1 saturated carbocycles. The van der Waals surface area contributed by atoms with Crippen molar-refractivity contribution in [2.45, 2.75) is 40.2 Å². The van der Waals surface area contributed by atoms with Gasteiger partial charge in [-0.3, -0.25) is 0 Å². The summed E-state index contributed by atoms with van der Waals surface area (Å²) >= 11 is 0. The van der Waals surface area contributed by atoms with Crippen LogP contribution in [0.1, 0.15) is 38.1 Å². The van der Waals surface area contributed by atoms with Crippen LogP contribution < -0.4 is 5.32 Å². The molecular weight excluding hydrogens is 190 g/mol. The summed E-state index contributed by atoms with van der Waals surface area (Å²) in [5, 5.41) is 11.1. The molecule has 1 aromatic rings. The smallest absolute Gasteiger partial charge is 0.121 e. The fourth-order valence-electron chi connectivity index (χ4n) is 1.96. The number of nitrogens with zero attached hydrogens (tertiary/aromatic N) is 2. The van der Waals surface area contributed by atoms with Crippen molar-refractivity contribution < 1.29 is 4.63 Å². The van der Waals surface area contributed by atoms with Crippen molar-refractivity contribution in [3.8, 4) is 0 Å². The monoisotopic (exact) mass is 209 g/mol. The summed E-state index contributed by atoms with van der Waals surface area (Å²) in [4.78, 5) is 0. The minimum atomic E-state index is 0.547. The Kier molecular flexibility index (Phi) is 2.78. The van der Waals surface area contributed by atoms with Crippen molar-refractivity contribution in [3.05, 3.63) is 11.4 Å². The van der Waals surface area contributed by atoms with Gasteiger partial charge in [0.2, 0.25) is 0 Å². The number of hydrogen-bond donors (Lipinski definition) is 1. The number of aromatic nitrogens is 2. The average molecular weight is 209 g/mol. The number of nitrogens with one attached hydrogen (secondary N) is 1. The molecule has 1 heterocycles. The fraction of sp³-hybridized carbons (Fsp3) is 0.818. The standard InChI is InChI=1S/C11H19N3O/c1-8(2)11(4-5-11)7-12-6-10-9(3)13-15-14-10/h8,12H,4-7H2,1-3H3. The molecule has 4 heteroatoms. The Bertz CT molecular complexity index is 328. The van der Waals surface area contributed by atoms with Crippen LogP contribution in [0.2, 0.25) is 0 Å². The van der Waals surface area contributed by atoms with Crippen LogP contribution in [0.5, 0.6) is 0 Å². The topological polar surface area (TPSA) is 51.0 Å². The minimum absolute atomic E-state index is 0.547. The quantitative estimate of drug-likeness (QED) is 0.804. The van der Waals surface area contributed by atoms with E-state index in [1.54, 1.807) is 0 Å². The molecule has 1 aliphatic rings. The van der Waals surface area contributed by atoms with E-state index in [0.29, 0.717) is 5.41 Å². The first-order chi connectivity index (χ1) is 7.14. The molecule has 0 radical (unpaired) electrons. The predicted octanol–water partition coefficient (Wildman–Crippen LogP) is 1.90. The Morgan fingerprint density at radius 2 is 2.13 bits per heavy atom. The lowest BCUT2D eigenvalue weighted by molar-refractivity contribution is 0.297. The Labute approximate surface area is 90.4 Å². The van der Waals surface area contributed by atoms with Gasteiger partial charge in [0.15, 0.2) is 0 Å². The highest BCUT2D eigenvalue weighted by atomic mass is 16.6. The SMILES string of the molecule is Cc1nonc1CNCC1(C(C)C)CC1. The molecule has 1 aliphatic carbocycles. The van der Waals surface area contributed by atoms with Gasteiger partial charge in [0.25, 0.3) is 0 Å². The summed E-state index contributed by atoms with van der Waals surface area (Å²) in [5.41, 5.74) is 2.36. The molecule has 0 unspecified atom stereocenters. The predicted molar refractivity (Wildman–Crippen MR) is 57.2 cm³/mol. The van der Waals surface area contributed by atoms with Crippen LogP contribution in [-0.2, 0) is 6.54 Å². The Hall–Kier alpha value is -0.900. The average Bonchev–Trinajstić information content (AvgIpc) is 2.87. The van der Waals surface area contributed by atoms with E-state index < -0.39 is 0 Å². The molecule has 1 fully saturated rings. The highest BCUT2D eigenvalue weighted by Gasteiger charge is 2.44. The van der Waals surface area contributed by atoms with Gasteiger partial charge in [0.1, 0.15) is 11.4 Å². The van der Waals surface area contributed by atoms with Crippen molar-refractivity contribution in [2.24, 2.45) is 11.3 Å². The fourth-order valence-corrected chi connectivity index (χ4v) is 1.96. The van der Waals surface area contributed by atoms with Crippen LogP contribution in [0.25, 0.3) is 0 Å². The maximum absolute atomic E-state index is 4.65. The van der Waals surface area contributed by atoms with E-state index in [9.17, 15) is 0 Å². The molecule has 0 aromatic carbocycles. The maximum Gasteiger partial charge on any atom is 0.121 e. The molecule has 0 spiro atoms. The third-order valence-corrected chi connectivity index (χ3v) is 3.63. The van der Waals surface area contributed by atoms with Crippen LogP contribution in [0.15, 0.2) is 4.63 Å². The Morgan fingerprint density at radius 3 is 2.60 bits per heavy atom. The summed E-state index contributed by atoms with van der Waals surface area (Å²) < 4.78 is 4.65. The first kappa shape index (κ1) is 10.6. The molecule has 0 saturated heterocycles. The molecule has 1 aromatic heterocycles. The van der Waals surface area contributed by atoms with Crippen molar-refractivity contribution in [3.63, 3.8) is 0 Å². The van der Waals surface area contributed by atoms with Crippen LogP contribution in [0.4, 0.5) is 0 Å². The second-order valence-corrected chi connectivity index (χ2v) is 4.92. The van der Waals surface area contributed by atoms with Gasteiger partial charge >= 0.3 is 0 Å². The molecule has 0 aliphatic heterocycles. The van der Waals surface area contributed by atoms with Gasteiger partial charge in [-0.2, -0.15) is 0 Å². The second-order valence-electron chi connectivity index (χ2n) is 4.92. The maximum atomic E-state index is 4.65. The second kappa shape index (κ2) is 3.93. The molecule has 0 amide bonds. The summed E-state index contributed by atoms with van der Waals surface area (Å²) in [6, 6.07) is 0. The van der Waals surface area contributed by atoms with Gasteiger partial charge in [-0.05, 0) is 31.1 Å². The van der Waals surface area contributed by atoms with Crippen LogP contribution in [-0.4, -0.2) is 16.9 Å². The number of hydrogen-bond acceptors (Lipinski definition) is 4. The zero-order chi connectivity index (χ0) is 10.9. The lowest BCUT2D eigenvalue weighted by atomic mass is 9.92. The van der Waals surface area contributed by atoms with E-state index in [4.69, 9.17) is 0 Å². The van der Waals surface area contributed by atoms with Crippen LogP contribution in [0.3, 0.4) is 0 Å². The van der Waals surface area contributed by atoms with E-state index >= 15 is 0 Å². The Balaban J connectivity index is 1.78. The zero-order valence-corrected chi connectivity index (χ0v) is 9.71. The van der Waals surface area contributed by atoms with Gasteiger partial charge in [0, 0.05) is 13.1 Å². The highest BCUT2D eigenvalue weighted by Crippen LogP contribution is 2.51. The van der Waals surface area contributed by atoms with E-state index in [2.05, 4.69) is 34.1 Å². The van der Waals surface area contributed by atoms with Gasteiger partial charge in [-0.1, -0.05) is 24.2 Å². The van der Waals surface area contributed by atoms with Crippen molar-refractivity contribution in [2.75, 3.05) is 6.54 Å². The van der Waals surface area contributed by atoms with E-state index in [0.717, 1.165) is 30.4 Å². The van der Waals surface area contributed by atoms with Gasteiger partial charge in [-0.15, -0.1) is 0 Å². The van der Waals surface area contributed by atoms with Crippen LogP contribution >= 0.6 is 0 Å². The molecule has 4 nitrogen and oxygen atoms in total. The normalized spacial score (nSPS) is 18.4. The number of aryl methyl sites for hydroxylation is 1. The molecule has 0 atom stereocenters. The molecule has 15 heavy (non-hydrogen) atoms. The van der Waals surface area contributed by atoms with E-state index in [-0.39, 0.29) is 0 Å². The first-order valence-electron chi connectivity index (χ1n) is 5.63. The van der Waals surface area contributed by atoms with E-state index in [1.165, 1.54) is 12.8 Å². The lowest BCUT2D eigenvalue weighted by Gasteiger charge is -2.19. The molecule has 0 bridgehead atoms. The van der Waals surface area contributed by atoms with Crippen LogP contribution in [0, 0.1) is 18.3 Å². The number of rotatable bonds is 5. The molecule has 2 rings (SSSR count). The summed E-state index contributed by atoms with van der Waals surface area (Å²) in [6.45, 7) is 8.37. The van der Waals surface area contributed by atoms with Gasteiger partial charge < -0.3 is 5.32 Å². The van der Waals surface area contributed by atoms with E-state index in [1.807, 2.05) is 6.92 Å². The van der Waals surface area contributed by atoms with Crippen molar-refractivity contribution in [1.29, 1.82) is 0 Å². The van der Waals surface area contributed by atoms with Crippen molar-refractivity contribution in [1.82, 2.24) is 15.6 Å². The summed E-state index contributed by atoms with van der Waals surface area (Å²) in [7, 11) is 0. The summed E-state index contributed by atoms with van der Waals surface area (Å²) in [5.74, 6) is 0.765. The first-order valence-corrected chi connectivity index (χ1v) is 5.63. The summed E-state index contributed by atoms with van der Waals surface area (Å²) in [6.07, 6.45) is 2.71. The highest BCUT2D eigenvalue weighted by molar-refractivity contribution is 5.05. The minimum Gasteiger partial charge on any atom is -0.310 e. The Morgan fingerprint density at radius 1 is 1.40 bits per heavy atom. The third-order valence-electron chi connectivity index (χ3n) is 3.63. The third kappa shape index (κ3) is 2.20. The molecular formula is C11H19N3O. The van der Waals surface area contributed by atoms with Crippen molar-refractivity contribution >= 4 is 0 Å². The zero-order valence-electron chi connectivity index (χ0n) is 9.71. The van der Waals surface area contributed by atoms with Gasteiger partial charge in [0.05, 0.1) is 0 Å². The molecule has 84 valence electrons. The lowest BCUT2D eigenvalue weighted by Crippen LogP contribution is -2.27. The van der Waals surface area contributed by atoms with Gasteiger partial charge in [-0.25, -0.2) is 4.63 Å².